The monoisotopic (exact) mass is 313 g/mol. The maximum atomic E-state index is 9.70. The molecular weight excluding hydrogens is 290 g/mol. The van der Waals surface area contributed by atoms with Crippen LogP contribution in [0.2, 0.25) is 0 Å². The predicted molar refractivity (Wildman–Crippen MR) is 89.9 cm³/mol. The quantitative estimate of drug-likeness (QED) is 0.890. The van der Waals surface area contributed by atoms with Crippen LogP contribution in [0, 0.1) is 0 Å². The third kappa shape index (κ3) is 3.84. The Morgan fingerprint density at radius 2 is 1.74 bits per heavy atom. The molecule has 1 heterocycles. The van der Waals surface area contributed by atoms with E-state index >= 15 is 0 Å². The van der Waals surface area contributed by atoms with Gasteiger partial charge < -0.3 is 19.9 Å². The lowest BCUT2D eigenvalue weighted by Gasteiger charge is -2.23. The van der Waals surface area contributed by atoms with Gasteiger partial charge in [-0.1, -0.05) is 36.4 Å². The Balaban J connectivity index is 1.75. The molecule has 23 heavy (non-hydrogen) atoms. The zero-order valence-corrected chi connectivity index (χ0v) is 13.4. The number of ether oxygens (including phenoxy) is 2. The van der Waals surface area contributed by atoms with E-state index in [1.807, 2.05) is 48.5 Å². The Morgan fingerprint density at radius 3 is 2.48 bits per heavy atom. The Labute approximate surface area is 137 Å². The van der Waals surface area contributed by atoms with E-state index in [9.17, 15) is 5.11 Å². The first kappa shape index (κ1) is 15.8. The number of aliphatic hydroxyl groups is 1. The zero-order valence-electron chi connectivity index (χ0n) is 13.4. The molecule has 3 rings (SSSR count). The number of hydrogen-bond acceptors (Lipinski definition) is 4. The fourth-order valence-corrected chi connectivity index (χ4v) is 2.79. The number of nitrogens with one attached hydrogen (secondary N) is 1. The minimum atomic E-state index is -0.0952. The van der Waals surface area contributed by atoms with Gasteiger partial charge in [0.15, 0.2) is 11.5 Å². The Kier molecular flexibility index (Phi) is 5.16. The number of rotatable bonds is 5. The average molecular weight is 313 g/mol. The third-order valence-corrected chi connectivity index (χ3v) is 4.11. The van der Waals surface area contributed by atoms with Crippen molar-refractivity contribution >= 4 is 0 Å². The van der Waals surface area contributed by atoms with Gasteiger partial charge in [0.25, 0.3) is 0 Å². The van der Waals surface area contributed by atoms with Crippen LogP contribution in [0.25, 0.3) is 0 Å². The standard InChI is InChI=1S/C19H23NO3/c1-14(20-17(13-21)15-6-3-2-4-7-15)16-8-9-18-19(12-16)23-11-5-10-22-18/h2-4,6-9,12,14,17,20-21H,5,10-11,13H2,1H3. The van der Waals surface area contributed by atoms with Crippen molar-refractivity contribution in [3.8, 4) is 11.5 Å². The molecule has 2 N–H and O–H groups in total. The minimum absolute atomic E-state index is 0.0545. The molecule has 2 aromatic carbocycles. The molecule has 122 valence electrons. The second-order valence-electron chi connectivity index (χ2n) is 5.79. The summed E-state index contributed by atoms with van der Waals surface area (Å²) in [6.07, 6.45) is 0.901. The van der Waals surface area contributed by atoms with Crippen molar-refractivity contribution in [2.45, 2.75) is 25.4 Å². The molecule has 0 amide bonds. The van der Waals surface area contributed by atoms with Crippen LogP contribution in [0.3, 0.4) is 0 Å². The summed E-state index contributed by atoms with van der Waals surface area (Å²) < 4.78 is 11.4. The first-order valence-corrected chi connectivity index (χ1v) is 8.09. The van der Waals surface area contributed by atoms with Gasteiger partial charge in [-0.3, -0.25) is 0 Å². The normalized spacial score (nSPS) is 16.4. The van der Waals surface area contributed by atoms with Crippen LogP contribution in [0.15, 0.2) is 48.5 Å². The van der Waals surface area contributed by atoms with Gasteiger partial charge >= 0.3 is 0 Å². The third-order valence-electron chi connectivity index (χ3n) is 4.11. The number of hydrogen-bond donors (Lipinski definition) is 2. The second kappa shape index (κ2) is 7.49. The largest absolute Gasteiger partial charge is 0.490 e. The summed E-state index contributed by atoms with van der Waals surface area (Å²) in [4.78, 5) is 0. The topological polar surface area (TPSA) is 50.7 Å². The summed E-state index contributed by atoms with van der Waals surface area (Å²) in [5.74, 6) is 1.61. The molecule has 0 spiro atoms. The Bertz CT molecular complexity index is 630. The molecule has 4 nitrogen and oxygen atoms in total. The summed E-state index contributed by atoms with van der Waals surface area (Å²) in [6, 6.07) is 16.0. The van der Waals surface area contributed by atoms with Crippen LogP contribution in [0.1, 0.15) is 36.6 Å². The molecule has 1 aliphatic rings. The van der Waals surface area contributed by atoms with Gasteiger partial charge in [-0.2, -0.15) is 0 Å². The van der Waals surface area contributed by atoms with Crippen molar-refractivity contribution < 1.29 is 14.6 Å². The van der Waals surface area contributed by atoms with Crippen molar-refractivity contribution in [3.05, 3.63) is 59.7 Å². The van der Waals surface area contributed by atoms with Crippen LogP contribution < -0.4 is 14.8 Å². The van der Waals surface area contributed by atoms with Crippen LogP contribution in [-0.2, 0) is 0 Å². The highest BCUT2D eigenvalue weighted by molar-refractivity contribution is 5.44. The molecule has 0 bridgehead atoms. The van der Waals surface area contributed by atoms with Crippen molar-refractivity contribution in [1.82, 2.24) is 5.32 Å². The average Bonchev–Trinajstić information content (AvgIpc) is 2.84. The molecule has 0 fully saturated rings. The summed E-state index contributed by atoms with van der Waals surface area (Å²) in [7, 11) is 0. The van der Waals surface area contributed by atoms with Crippen molar-refractivity contribution in [2.24, 2.45) is 0 Å². The van der Waals surface area contributed by atoms with Crippen molar-refractivity contribution in [3.63, 3.8) is 0 Å². The molecule has 4 heteroatoms. The van der Waals surface area contributed by atoms with Gasteiger partial charge in [-0.15, -0.1) is 0 Å². The SMILES string of the molecule is CC(NC(CO)c1ccccc1)c1ccc2c(c1)OCCCO2. The Morgan fingerprint density at radius 1 is 1.00 bits per heavy atom. The van der Waals surface area contributed by atoms with E-state index in [1.165, 1.54) is 0 Å². The summed E-state index contributed by atoms with van der Waals surface area (Å²) >= 11 is 0. The lowest BCUT2D eigenvalue weighted by atomic mass is 10.0. The molecular formula is C19H23NO3. The molecule has 0 saturated carbocycles. The van der Waals surface area contributed by atoms with Gasteiger partial charge in [0.05, 0.1) is 25.9 Å². The first-order chi connectivity index (χ1) is 11.3. The van der Waals surface area contributed by atoms with Gasteiger partial charge in [0, 0.05) is 12.5 Å². The predicted octanol–water partition coefficient (Wildman–Crippen LogP) is 3.23. The highest BCUT2D eigenvalue weighted by atomic mass is 16.5. The van der Waals surface area contributed by atoms with E-state index in [0.717, 1.165) is 29.0 Å². The van der Waals surface area contributed by atoms with Gasteiger partial charge in [-0.05, 0) is 30.2 Å². The van der Waals surface area contributed by atoms with E-state index in [1.54, 1.807) is 0 Å². The van der Waals surface area contributed by atoms with E-state index in [-0.39, 0.29) is 18.7 Å². The van der Waals surface area contributed by atoms with E-state index in [0.29, 0.717) is 13.2 Å². The molecule has 2 atom stereocenters. The van der Waals surface area contributed by atoms with Crippen molar-refractivity contribution in [2.75, 3.05) is 19.8 Å². The molecule has 0 radical (unpaired) electrons. The van der Waals surface area contributed by atoms with E-state index in [4.69, 9.17) is 9.47 Å². The van der Waals surface area contributed by atoms with E-state index < -0.39 is 0 Å². The Hall–Kier alpha value is -2.04. The maximum absolute atomic E-state index is 9.70. The van der Waals surface area contributed by atoms with Crippen molar-refractivity contribution in [1.29, 1.82) is 0 Å². The molecule has 0 aromatic heterocycles. The zero-order chi connectivity index (χ0) is 16.1. The van der Waals surface area contributed by atoms with Gasteiger partial charge in [0.1, 0.15) is 0 Å². The number of aliphatic hydroxyl groups excluding tert-OH is 1. The smallest absolute Gasteiger partial charge is 0.161 e. The highest BCUT2D eigenvalue weighted by Gasteiger charge is 2.17. The summed E-state index contributed by atoms with van der Waals surface area (Å²) in [6.45, 7) is 3.52. The lowest BCUT2D eigenvalue weighted by molar-refractivity contribution is 0.235. The molecule has 2 aromatic rings. The number of fused-ring (bicyclic) bond motifs is 1. The second-order valence-corrected chi connectivity index (χ2v) is 5.79. The fraction of sp³-hybridized carbons (Fsp3) is 0.368. The van der Waals surface area contributed by atoms with Gasteiger partial charge in [-0.25, -0.2) is 0 Å². The van der Waals surface area contributed by atoms with E-state index in [2.05, 4.69) is 12.2 Å². The van der Waals surface area contributed by atoms with Crippen LogP contribution in [-0.4, -0.2) is 24.9 Å². The summed E-state index contributed by atoms with van der Waals surface area (Å²) in [5, 5.41) is 13.2. The highest BCUT2D eigenvalue weighted by Crippen LogP contribution is 2.32. The molecule has 2 unspecified atom stereocenters. The molecule has 1 aliphatic heterocycles. The van der Waals surface area contributed by atoms with Crippen LogP contribution in [0.5, 0.6) is 11.5 Å². The van der Waals surface area contributed by atoms with Crippen LogP contribution >= 0.6 is 0 Å². The lowest BCUT2D eigenvalue weighted by Crippen LogP contribution is -2.27. The summed E-state index contributed by atoms with van der Waals surface area (Å²) in [5.41, 5.74) is 2.19. The van der Waals surface area contributed by atoms with Gasteiger partial charge in [0.2, 0.25) is 0 Å². The molecule has 0 saturated heterocycles. The fourth-order valence-electron chi connectivity index (χ4n) is 2.79. The first-order valence-electron chi connectivity index (χ1n) is 8.09. The minimum Gasteiger partial charge on any atom is -0.490 e. The van der Waals surface area contributed by atoms with Crippen LogP contribution in [0.4, 0.5) is 0 Å². The molecule has 0 aliphatic carbocycles. The number of benzene rings is 2. The maximum Gasteiger partial charge on any atom is 0.161 e.